The van der Waals surface area contributed by atoms with Gasteiger partial charge in [0.2, 0.25) is 0 Å². The standard InChI is InChI=1S/C17H25NO3.ClH/c1-4-20-17(19)14-6-5-7-16(12-14)21-15-8-10-18(11-9-15)13(2)3;/h5-7,12-13,15H,4,8-11H2,1-3H3;1H. The normalized spacial score (nSPS) is 16.2. The van der Waals surface area contributed by atoms with Crippen molar-refractivity contribution in [3.8, 4) is 5.75 Å². The van der Waals surface area contributed by atoms with Gasteiger partial charge in [-0.3, -0.25) is 0 Å². The third-order valence-corrected chi connectivity index (χ3v) is 3.85. The molecule has 1 aromatic rings. The van der Waals surface area contributed by atoms with Crippen LogP contribution in [0, 0.1) is 0 Å². The number of hydrogen-bond donors (Lipinski definition) is 0. The van der Waals surface area contributed by atoms with Crippen LogP contribution in [0.2, 0.25) is 0 Å². The summed E-state index contributed by atoms with van der Waals surface area (Å²) in [7, 11) is 0. The smallest absolute Gasteiger partial charge is 0.338 e. The molecule has 5 heteroatoms. The molecule has 0 atom stereocenters. The summed E-state index contributed by atoms with van der Waals surface area (Å²) in [6.07, 6.45) is 2.29. The van der Waals surface area contributed by atoms with Gasteiger partial charge in [0.1, 0.15) is 11.9 Å². The molecule has 0 bridgehead atoms. The third kappa shape index (κ3) is 5.18. The predicted molar refractivity (Wildman–Crippen MR) is 90.0 cm³/mol. The number of rotatable bonds is 5. The van der Waals surface area contributed by atoms with E-state index in [0.29, 0.717) is 18.2 Å². The van der Waals surface area contributed by atoms with Crippen LogP contribution < -0.4 is 4.74 Å². The average Bonchev–Trinajstić information content (AvgIpc) is 2.48. The summed E-state index contributed by atoms with van der Waals surface area (Å²) in [4.78, 5) is 14.2. The highest BCUT2D eigenvalue weighted by Crippen LogP contribution is 2.21. The zero-order valence-corrected chi connectivity index (χ0v) is 14.4. The predicted octanol–water partition coefficient (Wildman–Crippen LogP) is 3.54. The van der Waals surface area contributed by atoms with Crippen molar-refractivity contribution in [2.24, 2.45) is 0 Å². The second-order valence-corrected chi connectivity index (χ2v) is 5.70. The molecule has 0 radical (unpaired) electrons. The Morgan fingerprint density at radius 1 is 1.32 bits per heavy atom. The monoisotopic (exact) mass is 327 g/mol. The van der Waals surface area contributed by atoms with Gasteiger partial charge in [0.15, 0.2) is 0 Å². The summed E-state index contributed by atoms with van der Waals surface area (Å²) in [5.41, 5.74) is 0.550. The minimum atomic E-state index is -0.294. The molecule has 0 spiro atoms. The molecule has 0 N–H and O–H groups in total. The number of piperidine rings is 1. The van der Waals surface area contributed by atoms with Crippen molar-refractivity contribution in [1.29, 1.82) is 0 Å². The summed E-state index contributed by atoms with van der Waals surface area (Å²) < 4.78 is 11.0. The van der Waals surface area contributed by atoms with Crippen molar-refractivity contribution in [3.63, 3.8) is 0 Å². The number of nitrogens with zero attached hydrogens (tertiary/aromatic N) is 1. The molecule has 4 nitrogen and oxygen atoms in total. The maximum absolute atomic E-state index is 11.7. The summed E-state index contributed by atoms with van der Waals surface area (Å²) in [6.45, 7) is 8.78. The van der Waals surface area contributed by atoms with Crippen LogP contribution in [0.3, 0.4) is 0 Å². The molecule has 0 amide bonds. The summed E-state index contributed by atoms with van der Waals surface area (Å²) in [6, 6.07) is 7.86. The molecule has 1 heterocycles. The first-order chi connectivity index (χ1) is 10.1. The third-order valence-electron chi connectivity index (χ3n) is 3.85. The first kappa shape index (κ1) is 18.8. The van der Waals surface area contributed by atoms with Crippen LogP contribution in [-0.2, 0) is 4.74 Å². The summed E-state index contributed by atoms with van der Waals surface area (Å²) >= 11 is 0. The Balaban J connectivity index is 0.00000242. The molecule has 22 heavy (non-hydrogen) atoms. The van der Waals surface area contributed by atoms with Crippen molar-refractivity contribution < 1.29 is 14.3 Å². The minimum absolute atomic E-state index is 0. The fourth-order valence-electron chi connectivity index (χ4n) is 2.61. The number of benzene rings is 1. The van der Waals surface area contributed by atoms with E-state index in [1.807, 2.05) is 12.1 Å². The molecule has 0 unspecified atom stereocenters. The van der Waals surface area contributed by atoms with E-state index < -0.39 is 0 Å². The molecule has 124 valence electrons. The first-order valence-electron chi connectivity index (χ1n) is 7.78. The fraction of sp³-hybridized carbons (Fsp3) is 0.588. The second kappa shape index (κ2) is 9.01. The molecule has 1 saturated heterocycles. The zero-order valence-electron chi connectivity index (χ0n) is 13.6. The number of hydrogen-bond acceptors (Lipinski definition) is 4. The first-order valence-corrected chi connectivity index (χ1v) is 7.78. The number of ether oxygens (including phenoxy) is 2. The lowest BCUT2D eigenvalue weighted by Gasteiger charge is -2.34. The Morgan fingerprint density at radius 3 is 2.59 bits per heavy atom. The molecule has 1 aromatic carbocycles. The van der Waals surface area contributed by atoms with Crippen molar-refractivity contribution >= 4 is 18.4 Å². The van der Waals surface area contributed by atoms with Gasteiger partial charge >= 0.3 is 5.97 Å². The van der Waals surface area contributed by atoms with E-state index in [-0.39, 0.29) is 24.5 Å². The van der Waals surface area contributed by atoms with E-state index in [0.717, 1.165) is 31.7 Å². The largest absolute Gasteiger partial charge is 0.490 e. The summed E-state index contributed by atoms with van der Waals surface area (Å²) in [5, 5.41) is 0. The lowest BCUT2D eigenvalue weighted by molar-refractivity contribution is 0.0524. The van der Waals surface area contributed by atoms with E-state index in [1.54, 1.807) is 19.1 Å². The van der Waals surface area contributed by atoms with Crippen LogP contribution >= 0.6 is 12.4 Å². The van der Waals surface area contributed by atoms with Gasteiger partial charge in [-0.2, -0.15) is 0 Å². The van der Waals surface area contributed by atoms with Crippen molar-refractivity contribution in [2.45, 2.75) is 45.8 Å². The average molecular weight is 328 g/mol. The SMILES string of the molecule is CCOC(=O)c1cccc(OC2CCN(C(C)C)CC2)c1.Cl. The molecular formula is C17H26ClNO3. The maximum Gasteiger partial charge on any atom is 0.338 e. The lowest BCUT2D eigenvalue weighted by Crippen LogP contribution is -2.41. The van der Waals surface area contributed by atoms with Gasteiger partial charge in [-0.15, -0.1) is 12.4 Å². The number of halogens is 1. The van der Waals surface area contributed by atoms with Gasteiger partial charge < -0.3 is 14.4 Å². The molecule has 1 aliphatic heterocycles. The van der Waals surface area contributed by atoms with Gasteiger partial charge in [-0.1, -0.05) is 6.07 Å². The highest BCUT2D eigenvalue weighted by Gasteiger charge is 2.22. The quantitative estimate of drug-likeness (QED) is 0.775. The number of likely N-dealkylation sites (tertiary alicyclic amines) is 1. The Morgan fingerprint density at radius 2 is 2.00 bits per heavy atom. The number of esters is 1. The fourth-order valence-corrected chi connectivity index (χ4v) is 2.61. The van der Waals surface area contributed by atoms with E-state index in [1.165, 1.54) is 0 Å². The topological polar surface area (TPSA) is 38.8 Å². The van der Waals surface area contributed by atoms with Crippen LogP contribution in [0.1, 0.15) is 44.0 Å². The molecule has 0 saturated carbocycles. The van der Waals surface area contributed by atoms with Crippen LogP contribution in [0.15, 0.2) is 24.3 Å². The van der Waals surface area contributed by atoms with E-state index >= 15 is 0 Å². The van der Waals surface area contributed by atoms with Crippen LogP contribution in [0.5, 0.6) is 5.75 Å². The van der Waals surface area contributed by atoms with E-state index in [4.69, 9.17) is 9.47 Å². The second-order valence-electron chi connectivity index (χ2n) is 5.70. The van der Waals surface area contributed by atoms with E-state index in [9.17, 15) is 4.79 Å². The van der Waals surface area contributed by atoms with Gasteiger partial charge in [0, 0.05) is 19.1 Å². The molecular weight excluding hydrogens is 302 g/mol. The van der Waals surface area contributed by atoms with Crippen LogP contribution in [0.25, 0.3) is 0 Å². The van der Waals surface area contributed by atoms with Gasteiger partial charge in [0.25, 0.3) is 0 Å². The number of carbonyl (C=O) groups excluding carboxylic acids is 1. The zero-order chi connectivity index (χ0) is 15.2. The lowest BCUT2D eigenvalue weighted by atomic mass is 10.1. The molecule has 2 rings (SSSR count). The van der Waals surface area contributed by atoms with Gasteiger partial charge in [-0.25, -0.2) is 4.79 Å². The Hall–Kier alpha value is -1.26. The number of carbonyl (C=O) groups is 1. The Bertz CT molecular complexity index is 471. The molecule has 0 aromatic heterocycles. The molecule has 0 aliphatic carbocycles. The van der Waals surface area contributed by atoms with Gasteiger partial charge in [-0.05, 0) is 51.8 Å². The highest BCUT2D eigenvalue weighted by atomic mass is 35.5. The van der Waals surface area contributed by atoms with Crippen LogP contribution in [0.4, 0.5) is 0 Å². The Kier molecular flexibility index (Phi) is 7.69. The van der Waals surface area contributed by atoms with Crippen molar-refractivity contribution in [3.05, 3.63) is 29.8 Å². The van der Waals surface area contributed by atoms with Crippen molar-refractivity contribution in [2.75, 3.05) is 19.7 Å². The minimum Gasteiger partial charge on any atom is -0.490 e. The summed E-state index contributed by atoms with van der Waals surface area (Å²) in [5.74, 6) is 0.459. The van der Waals surface area contributed by atoms with Gasteiger partial charge in [0.05, 0.1) is 12.2 Å². The Labute approximate surface area is 139 Å². The highest BCUT2D eigenvalue weighted by molar-refractivity contribution is 5.89. The van der Waals surface area contributed by atoms with Crippen molar-refractivity contribution in [1.82, 2.24) is 4.90 Å². The molecule has 1 fully saturated rings. The van der Waals surface area contributed by atoms with E-state index in [2.05, 4.69) is 18.7 Å². The van der Waals surface area contributed by atoms with Crippen LogP contribution in [-0.4, -0.2) is 42.7 Å². The molecule has 1 aliphatic rings. The maximum atomic E-state index is 11.7.